The number of nitrogens with zero attached hydrogens (tertiary/aromatic N) is 1. The maximum absolute atomic E-state index is 12.1. The maximum atomic E-state index is 12.1. The molecule has 108 valence electrons. The van der Waals surface area contributed by atoms with Gasteiger partial charge in [0.25, 0.3) is 0 Å². The van der Waals surface area contributed by atoms with Crippen LogP contribution in [-0.4, -0.2) is 34.5 Å². The van der Waals surface area contributed by atoms with E-state index in [1.807, 2.05) is 30.3 Å². The van der Waals surface area contributed by atoms with E-state index in [9.17, 15) is 9.59 Å². The smallest absolute Gasteiger partial charge is 0.326 e. The summed E-state index contributed by atoms with van der Waals surface area (Å²) < 4.78 is 0. The highest BCUT2D eigenvalue weighted by molar-refractivity contribution is 5.84. The number of carboxylic acids is 1. The molecule has 1 aromatic carbocycles. The van der Waals surface area contributed by atoms with Crippen molar-refractivity contribution in [3.05, 3.63) is 35.9 Å². The lowest BCUT2D eigenvalue weighted by Crippen LogP contribution is -2.40. The Morgan fingerprint density at radius 3 is 2.70 bits per heavy atom. The summed E-state index contributed by atoms with van der Waals surface area (Å²) >= 11 is 0. The number of carbonyl (C=O) groups is 2. The molecule has 0 bridgehead atoms. The Labute approximate surface area is 118 Å². The number of hydrogen-bond donors (Lipinski definition) is 2. The van der Waals surface area contributed by atoms with Gasteiger partial charge in [-0.15, -0.1) is 0 Å². The second-order valence-corrected chi connectivity index (χ2v) is 5.14. The summed E-state index contributed by atoms with van der Waals surface area (Å²) in [5.41, 5.74) is 7.05. The zero-order chi connectivity index (χ0) is 14.5. The number of nitrogens with two attached hydrogens (primary N) is 1. The summed E-state index contributed by atoms with van der Waals surface area (Å²) in [6, 6.07) is 8.77. The van der Waals surface area contributed by atoms with Crippen LogP contribution in [0.25, 0.3) is 0 Å². The third-order valence-electron chi connectivity index (χ3n) is 3.76. The van der Waals surface area contributed by atoms with Crippen molar-refractivity contribution >= 4 is 11.9 Å². The molecular formula is C15H20N2O3. The molecule has 2 atom stereocenters. The van der Waals surface area contributed by atoms with Gasteiger partial charge in [0.15, 0.2) is 0 Å². The molecule has 5 heteroatoms. The molecular weight excluding hydrogens is 256 g/mol. The summed E-state index contributed by atoms with van der Waals surface area (Å²) in [5, 5.41) is 9.07. The third-order valence-corrected chi connectivity index (χ3v) is 3.76. The molecule has 0 radical (unpaired) electrons. The second-order valence-electron chi connectivity index (χ2n) is 5.14. The fourth-order valence-electron chi connectivity index (χ4n) is 2.61. The van der Waals surface area contributed by atoms with Crippen molar-refractivity contribution in [3.63, 3.8) is 0 Å². The zero-order valence-corrected chi connectivity index (χ0v) is 11.4. The number of likely N-dealkylation sites (tertiary alicyclic amines) is 1. The Hall–Kier alpha value is -1.88. The highest BCUT2D eigenvalue weighted by atomic mass is 16.4. The highest BCUT2D eigenvalue weighted by Crippen LogP contribution is 2.21. The Morgan fingerprint density at radius 1 is 1.35 bits per heavy atom. The first-order valence-electron chi connectivity index (χ1n) is 6.92. The van der Waals surface area contributed by atoms with Gasteiger partial charge in [0.05, 0.1) is 0 Å². The molecule has 1 aliphatic rings. The number of hydrogen-bond acceptors (Lipinski definition) is 3. The highest BCUT2D eigenvalue weighted by Gasteiger charge is 2.33. The minimum Gasteiger partial charge on any atom is -0.480 e. The standard InChI is InChI=1S/C15H20N2O3/c16-12(11-5-2-1-3-6-11)8-9-14(18)17-10-4-7-13(17)15(19)20/h1-3,5-6,12-13H,4,7-10,16H2,(H,19,20). The van der Waals surface area contributed by atoms with E-state index in [-0.39, 0.29) is 11.9 Å². The van der Waals surface area contributed by atoms with E-state index in [4.69, 9.17) is 10.8 Å². The van der Waals surface area contributed by atoms with Crippen molar-refractivity contribution in [3.8, 4) is 0 Å². The molecule has 1 saturated heterocycles. The fourth-order valence-corrected chi connectivity index (χ4v) is 2.61. The Morgan fingerprint density at radius 2 is 2.05 bits per heavy atom. The van der Waals surface area contributed by atoms with E-state index in [1.54, 1.807) is 0 Å². The largest absolute Gasteiger partial charge is 0.480 e. The lowest BCUT2D eigenvalue weighted by Gasteiger charge is -2.22. The van der Waals surface area contributed by atoms with Crippen molar-refractivity contribution in [2.75, 3.05) is 6.54 Å². The molecule has 2 rings (SSSR count). The first kappa shape index (κ1) is 14.5. The molecule has 5 nitrogen and oxygen atoms in total. The average Bonchev–Trinajstić information content (AvgIpc) is 2.95. The molecule has 0 aliphatic carbocycles. The number of rotatable bonds is 5. The van der Waals surface area contributed by atoms with E-state index in [2.05, 4.69) is 0 Å². The molecule has 1 fully saturated rings. The Bertz CT molecular complexity index is 475. The van der Waals surface area contributed by atoms with Crippen molar-refractivity contribution < 1.29 is 14.7 Å². The number of carboxylic acid groups (broad SMARTS) is 1. The molecule has 1 heterocycles. The van der Waals surface area contributed by atoms with E-state index in [0.717, 1.165) is 12.0 Å². The molecule has 0 aromatic heterocycles. The van der Waals surface area contributed by atoms with E-state index in [1.165, 1.54) is 4.90 Å². The van der Waals surface area contributed by atoms with Crippen LogP contribution < -0.4 is 5.73 Å². The molecule has 20 heavy (non-hydrogen) atoms. The lowest BCUT2D eigenvalue weighted by molar-refractivity contribution is -0.148. The van der Waals surface area contributed by atoms with Gasteiger partial charge in [0.2, 0.25) is 5.91 Å². The van der Waals surface area contributed by atoms with Crippen LogP contribution in [0.15, 0.2) is 30.3 Å². The molecule has 1 amide bonds. The van der Waals surface area contributed by atoms with Gasteiger partial charge in [-0.25, -0.2) is 4.79 Å². The van der Waals surface area contributed by atoms with E-state index >= 15 is 0 Å². The molecule has 1 aromatic rings. The number of benzene rings is 1. The fraction of sp³-hybridized carbons (Fsp3) is 0.467. The van der Waals surface area contributed by atoms with Crippen LogP contribution in [0.2, 0.25) is 0 Å². The number of aliphatic carboxylic acids is 1. The van der Waals surface area contributed by atoms with Crippen LogP contribution in [0.3, 0.4) is 0 Å². The van der Waals surface area contributed by atoms with Gasteiger partial charge in [-0.1, -0.05) is 30.3 Å². The SMILES string of the molecule is NC(CCC(=O)N1CCCC1C(=O)O)c1ccccc1. The Balaban J connectivity index is 1.87. The number of carbonyl (C=O) groups excluding carboxylic acids is 1. The maximum Gasteiger partial charge on any atom is 0.326 e. The van der Waals surface area contributed by atoms with E-state index in [0.29, 0.717) is 25.8 Å². The van der Waals surface area contributed by atoms with Crippen LogP contribution in [0.4, 0.5) is 0 Å². The van der Waals surface area contributed by atoms with Gasteiger partial charge in [0.1, 0.15) is 6.04 Å². The van der Waals surface area contributed by atoms with Crippen LogP contribution in [0, 0.1) is 0 Å². The quantitative estimate of drug-likeness (QED) is 0.854. The van der Waals surface area contributed by atoms with E-state index < -0.39 is 12.0 Å². The minimum atomic E-state index is -0.914. The normalized spacial score (nSPS) is 19.9. The summed E-state index contributed by atoms with van der Waals surface area (Å²) in [6.45, 7) is 0.538. The average molecular weight is 276 g/mol. The molecule has 0 saturated carbocycles. The van der Waals surface area contributed by atoms with Crippen molar-refractivity contribution in [2.24, 2.45) is 5.73 Å². The first-order chi connectivity index (χ1) is 9.59. The predicted octanol–water partition coefficient (Wildman–Crippen LogP) is 1.54. The van der Waals surface area contributed by atoms with Gasteiger partial charge >= 0.3 is 5.97 Å². The number of amides is 1. The molecule has 0 spiro atoms. The van der Waals surface area contributed by atoms with Gasteiger partial charge in [-0.3, -0.25) is 4.79 Å². The molecule has 2 unspecified atom stereocenters. The van der Waals surface area contributed by atoms with Crippen LogP contribution in [0.5, 0.6) is 0 Å². The van der Waals surface area contributed by atoms with Gasteiger partial charge < -0.3 is 15.7 Å². The van der Waals surface area contributed by atoms with Gasteiger partial charge in [-0.05, 0) is 24.8 Å². The van der Waals surface area contributed by atoms with Crippen molar-refractivity contribution in [2.45, 2.75) is 37.8 Å². The van der Waals surface area contributed by atoms with Gasteiger partial charge in [-0.2, -0.15) is 0 Å². The summed E-state index contributed by atoms with van der Waals surface area (Å²) in [5.74, 6) is -1.02. The van der Waals surface area contributed by atoms with Gasteiger partial charge in [0, 0.05) is 19.0 Å². The summed E-state index contributed by atoms with van der Waals surface area (Å²) in [6.07, 6.45) is 2.13. The molecule has 1 aliphatic heterocycles. The van der Waals surface area contributed by atoms with Crippen molar-refractivity contribution in [1.29, 1.82) is 0 Å². The zero-order valence-electron chi connectivity index (χ0n) is 11.4. The lowest BCUT2D eigenvalue weighted by atomic mass is 10.0. The predicted molar refractivity (Wildman–Crippen MR) is 75.0 cm³/mol. The first-order valence-corrected chi connectivity index (χ1v) is 6.92. The van der Waals surface area contributed by atoms with Crippen LogP contribution in [-0.2, 0) is 9.59 Å². The third kappa shape index (κ3) is 3.36. The Kier molecular flexibility index (Phi) is 4.74. The minimum absolute atomic E-state index is 0.110. The van der Waals surface area contributed by atoms with Crippen molar-refractivity contribution in [1.82, 2.24) is 4.90 Å². The summed E-state index contributed by atoms with van der Waals surface area (Å²) in [4.78, 5) is 24.6. The molecule has 3 N–H and O–H groups in total. The summed E-state index contributed by atoms with van der Waals surface area (Å²) in [7, 11) is 0. The topological polar surface area (TPSA) is 83.6 Å². The van der Waals surface area contributed by atoms with Crippen LogP contribution in [0.1, 0.15) is 37.3 Å². The second kappa shape index (κ2) is 6.52. The monoisotopic (exact) mass is 276 g/mol. The van der Waals surface area contributed by atoms with Crippen LogP contribution >= 0.6 is 0 Å².